The van der Waals surface area contributed by atoms with Crippen LogP contribution in [0.15, 0.2) is 29.4 Å². The molecule has 1 saturated heterocycles. The van der Waals surface area contributed by atoms with Gasteiger partial charge in [0.25, 0.3) is 0 Å². The van der Waals surface area contributed by atoms with E-state index in [1.165, 1.54) is 0 Å². The van der Waals surface area contributed by atoms with E-state index in [1.807, 2.05) is 31.3 Å². The Hall–Kier alpha value is -2.04. The standard InChI is InChI=1S/C15H19N3O2/c1-17-10-8-14(15(17)19)18-9-4-6-12(16-20)11-5-2-3-7-13(11)18/h2-3,5,7,14,20H,4,6,8-10H2,1H3/b16-12-. The number of amides is 1. The number of carbonyl (C=O) groups excluding carboxylic acids is 1. The van der Waals surface area contributed by atoms with E-state index in [0.717, 1.165) is 43.6 Å². The Morgan fingerprint density at radius 2 is 2.10 bits per heavy atom. The van der Waals surface area contributed by atoms with E-state index in [-0.39, 0.29) is 11.9 Å². The van der Waals surface area contributed by atoms with Crippen molar-refractivity contribution < 1.29 is 10.0 Å². The van der Waals surface area contributed by atoms with E-state index < -0.39 is 0 Å². The van der Waals surface area contributed by atoms with Crippen molar-refractivity contribution in [1.29, 1.82) is 0 Å². The molecule has 1 N–H and O–H groups in total. The van der Waals surface area contributed by atoms with Crippen molar-refractivity contribution in [3.05, 3.63) is 29.8 Å². The molecule has 0 radical (unpaired) electrons. The maximum atomic E-state index is 12.3. The summed E-state index contributed by atoms with van der Waals surface area (Å²) >= 11 is 0. The molecule has 1 atom stereocenters. The smallest absolute Gasteiger partial charge is 0.245 e. The van der Waals surface area contributed by atoms with Gasteiger partial charge >= 0.3 is 0 Å². The zero-order valence-electron chi connectivity index (χ0n) is 11.6. The molecule has 0 bridgehead atoms. The molecule has 0 saturated carbocycles. The van der Waals surface area contributed by atoms with E-state index in [9.17, 15) is 10.0 Å². The van der Waals surface area contributed by atoms with E-state index in [2.05, 4.69) is 10.1 Å². The fraction of sp³-hybridized carbons (Fsp3) is 0.467. The Morgan fingerprint density at radius 1 is 1.30 bits per heavy atom. The van der Waals surface area contributed by atoms with E-state index in [4.69, 9.17) is 0 Å². The number of para-hydroxylation sites is 1. The van der Waals surface area contributed by atoms with Crippen LogP contribution < -0.4 is 4.90 Å². The molecule has 1 amide bonds. The molecule has 3 rings (SSSR count). The molecule has 2 aliphatic heterocycles. The van der Waals surface area contributed by atoms with Gasteiger partial charge in [0.2, 0.25) is 5.91 Å². The molecule has 2 heterocycles. The first kappa shape index (κ1) is 13.0. The topological polar surface area (TPSA) is 56.1 Å². The van der Waals surface area contributed by atoms with Crippen LogP contribution in [0, 0.1) is 0 Å². The van der Waals surface area contributed by atoms with Crippen molar-refractivity contribution in [3.8, 4) is 0 Å². The van der Waals surface area contributed by atoms with Crippen molar-refractivity contribution >= 4 is 17.3 Å². The highest BCUT2D eigenvalue weighted by Gasteiger charge is 2.36. The van der Waals surface area contributed by atoms with Crippen LogP contribution in [0.25, 0.3) is 0 Å². The highest BCUT2D eigenvalue weighted by Crippen LogP contribution is 2.31. The second-order valence-electron chi connectivity index (χ2n) is 5.43. The SMILES string of the molecule is CN1CCC(N2CCC/C(=N/O)c3ccccc32)C1=O. The third-order valence-corrected chi connectivity index (χ3v) is 4.23. The lowest BCUT2D eigenvalue weighted by Gasteiger charge is -2.29. The number of hydrogen-bond donors (Lipinski definition) is 1. The van der Waals surface area contributed by atoms with Gasteiger partial charge in [-0.05, 0) is 25.3 Å². The van der Waals surface area contributed by atoms with Crippen molar-refractivity contribution in [2.75, 3.05) is 25.0 Å². The summed E-state index contributed by atoms with van der Waals surface area (Å²) in [7, 11) is 1.85. The van der Waals surface area contributed by atoms with Crippen LogP contribution in [0.5, 0.6) is 0 Å². The number of anilines is 1. The number of likely N-dealkylation sites (N-methyl/N-ethyl adjacent to an activating group) is 1. The number of hydrogen-bond acceptors (Lipinski definition) is 4. The minimum atomic E-state index is -0.0841. The molecule has 0 aromatic heterocycles. The molecule has 20 heavy (non-hydrogen) atoms. The summed E-state index contributed by atoms with van der Waals surface area (Å²) in [4.78, 5) is 16.3. The average Bonchev–Trinajstić information content (AvgIpc) is 2.71. The summed E-state index contributed by atoms with van der Waals surface area (Å²) < 4.78 is 0. The molecule has 106 valence electrons. The predicted octanol–water partition coefficient (Wildman–Crippen LogP) is 1.70. The first-order valence-corrected chi connectivity index (χ1v) is 7.04. The average molecular weight is 273 g/mol. The second-order valence-corrected chi connectivity index (χ2v) is 5.43. The maximum Gasteiger partial charge on any atom is 0.245 e. The van der Waals surface area contributed by atoms with Crippen LogP contribution in [-0.4, -0.2) is 47.9 Å². The third-order valence-electron chi connectivity index (χ3n) is 4.23. The van der Waals surface area contributed by atoms with Crippen LogP contribution >= 0.6 is 0 Å². The van der Waals surface area contributed by atoms with Crippen LogP contribution in [-0.2, 0) is 4.79 Å². The van der Waals surface area contributed by atoms with Crippen LogP contribution in [0.3, 0.4) is 0 Å². The molecule has 5 heteroatoms. The molecule has 0 spiro atoms. The highest BCUT2D eigenvalue weighted by molar-refractivity contribution is 6.06. The molecule has 5 nitrogen and oxygen atoms in total. The Bertz CT molecular complexity index is 556. The molecule has 0 aliphatic carbocycles. The number of nitrogens with zero attached hydrogens (tertiary/aromatic N) is 3. The second kappa shape index (κ2) is 5.15. The van der Waals surface area contributed by atoms with Gasteiger partial charge in [-0.15, -0.1) is 0 Å². The summed E-state index contributed by atoms with van der Waals surface area (Å²) in [6.45, 7) is 1.63. The monoisotopic (exact) mass is 273 g/mol. The fourth-order valence-corrected chi connectivity index (χ4v) is 3.16. The number of likely N-dealkylation sites (tertiary alicyclic amines) is 1. The van der Waals surface area contributed by atoms with E-state index in [0.29, 0.717) is 5.71 Å². The number of carbonyl (C=O) groups is 1. The van der Waals surface area contributed by atoms with Crippen LogP contribution in [0.1, 0.15) is 24.8 Å². The van der Waals surface area contributed by atoms with Crippen molar-refractivity contribution in [2.24, 2.45) is 5.16 Å². The molecule has 2 aliphatic rings. The summed E-state index contributed by atoms with van der Waals surface area (Å²) in [5.41, 5.74) is 2.66. The van der Waals surface area contributed by atoms with E-state index >= 15 is 0 Å². The molecule has 1 aromatic rings. The number of oxime groups is 1. The molecule has 1 fully saturated rings. The fourth-order valence-electron chi connectivity index (χ4n) is 3.16. The molecular weight excluding hydrogens is 254 g/mol. The summed E-state index contributed by atoms with van der Waals surface area (Å²) in [6, 6.07) is 7.80. The van der Waals surface area contributed by atoms with Crippen LogP contribution in [0.2, 0.25) is 0 Å². The number of rotatable bonds is 1. The molecule has 1 aromatic carbocycles. The van der Waals surface area contributed by atoms with Gasteiger partial charge in [-0.3, -0.25) is 4.79 Å². The van der Waals surface area contributed by atoms with Crippen LogP contribution in [0.4, 0.5) is 5.69 Å². The quantitative estimate of drug-likeness (QED) is 0.626. The lowest BCUT2D eigenvalue weighted by Crippen LogP contribution is -2.41. The van der Waals surface area contributed by atoms with Crippen molar-refractivity contribution in [1.82, 2.24) is 4.90 Å². The molecular formula is C15H19N3O2. The maximum absolute atomic E-state index is 12.3. The number of benzene rings is 1. The lowest BCUT2D eigenvalue weighted by molar-refractivity contribution is -0.127. The van der Waals surface area contributed by atoms with Gasteiger partial charge in [-0.2, -0.15) is 0 Å². The molecule has 1 unspecified atom stereocenters. The normalized spacial score (nSPS) is 24.9. The Balaban J connectivity index is 2.02. The minimum absolute atomic E-state index is 0.0841. The zero-order chi connectivity index (χ0) is 14.1. The summed E-state index contributed by atoms with van der Waals surface area (Å²) in [5, 5.41) is 12.6. The van der Waals surface area contributed by atoms with E-state index in [1.54, 1.807) is 4.90 Å². The van der Waals surface area contributed by atoms with Crippen molar-refractivity contribution in [3.63, 3.8) is 0 Å². The number of fused-ring (bicyclic) bond motifs is 1. The Morgan fingerprint density at radius 3 is 2.80 bits per heavy atom. The van der Waals surface area contributed by atoms with Gasteiger partial charge in [0.05, 0.1) is 5.71 Å². The highest BCUT2D eigenvalue weighted by atomic mass is 16.4. The van der Waals surface area contributed by atoms with Gasteiger partial charge in [-0.1, -0.05) is 23.4 Å². The first-order chi connectivity index (χ1) is 9.72. The summed E-state index contributed by atoms with van der Waals surface area (Å²) in [5.74, 6) is 0.184. The Kier molecular flexibility index (Phi) is 3.34. The minimum Gasteiger partial charge on any atom is -0.411 e. The van der Waals surface area contributed by atoms with Crippen molar-refractivity contribution in [2.45, 2.75) is 25.3 Å². The van der Waals surface area contributed by atoms with Gasteiger partial charge in [0.15, 0.2) is 0 Å². The van der Waals surface area contributed by atoms with Gasteiger partial charge in [0, 0.05) is 31.4 Å². The zero-order valence-corrected chi connectivity index (χ0v) is 11.6. The van der Waals surface area contributed by atoms with Gasteiger partial charge in [0.1, 0.15) is 6.04 Å². The third kappa shape index (κ3) is 2.03. The summed E-state index contributed by atoms with van der Waals surface area (Å²) in [6.07, 6.45) is 2.48. The largest absolute Gasteiger partial charge is 0.411 e. The first-order valence-electron chi connectivity index (χ1n) is 7.04. The lowest BCUT2D eigenvalue weighted by atomic mass is 10.0. The van der Waals surface area contributed by atoms with Gasteiger partial charge < -0.3 is 15.0 Å². The Labute approximate surface area is 118 Å². The van der Waals surface area contributed by atoms with Gasteiger partial charge in [-0.25, -0.2) is 0 Å². The predicted molar refractivity (Wildman–Crippen MR) is 77.4 cm³/mol.